The molecular weight excluding hydrogens is 250 g/mol. The van der Waals surface area contributed by atoms with Crippen molar-refractivity contribution in [3.05, 3.63) is 63.7 Å². The van der Waals surface area contributed by atoms with E-state index < -0.39 is 0 Å². The highest BCUT2D eigenvalue weighted by atomic mass is 16.1. The molecule has 0 spiro atoms. The van der Waals surface area contributed by atoms with Crippen LogP contribution < -0.4 is 5.56 Å². The molecule has 0 saturated heterocycles. The molecule has 0 unspecified atom stereocenters. The van der Waals surface area contributed by atoms with Crippen molar-refractivity contribution in [2.45, 2.75) is 20.8 Å². The summed E-state index contributed by atoms with van der Waals surface area (Å²) in [5.41, 5.74) is 4.91. The van der Waals surface area contributed by atoms with Gasteiger partial charge >= 0.3 is 0 Å². The van der Waals surface area contributed by atoms with Crippen LogP contribution in [0.4, 0.5) is 0 Å². The summed E-state index contributed by atoms with van der Waals surface area (Å²) in [6.07, 6.45) is 0. The molecule has 4 heteroatoms. The number of nitrogens with zero attached hydrogens (tertiary/aromatic N) is 3. The van der Waals surface area contributed by atoms with Gasteiger partial charge in [-0.15, -0.1) is 0 Å². The summed E-state index contributed by atoms with van der Waals surface area (Å²) >= 11 is 0. The van der Waals surface area contributed by atoms with Crippen molar-refractivity contribution in [1.29, 1.82) is 0 Å². The van der Waals surface area contributed by atoms with Crippen molar-refractivity contribution in [1.82, 2.24) is 14.5 Å². The summed E-state index contributed by atoms with van der Waals surface area (Å²) in [6, 6.07) is 11.1. The van der Waals surface area contributed by atoms with Gasteiger partial charge in [0.15, 0.2) is 5.65 Å². The number of aryl methyl sites for hydroxylation is 3. The molecule has 1 aromatic carbocycles. The Morgan fingerprint density at radius 2 is 1.50 bits per heavy atom. The molecule has 2 aromatic heterocycles. The molecule has 0 saturated carbocycles. The third-order valence-electron chi connectivity index (χ3n) is 3.42. The number of benzene rings is 1. The van der Waals surface area contributed by atoms with Crippen molar-refractivity contribution in [3.63, 3.8) is 0 Å². The van der Waals surface area contributed by atoms with Crippen LogP contribution in [0.5, 0.6) is 0 Å². The Morgan fingerprint density at radius 3 is 2.20 bits per heavy atom. The minimum absolute atomic E-state index is 0.0982. The molecular formula is C16H15N3O. The maximum Gasteiger partial charge on any atom is 0.256 e. The van der Waals surface area contributed by atoms with Crippen LogP contribution in [0.15, 0.2) is 41.2 Å². The Kier molecular flexibility index (Phi) is 2.86. The van der Waals surface area contributed by atoms with Crippen LogP contribution in [-0.2, 0) is 0 Å². The van der Waals surface area contributed by atoms with Gasteiger partial charge in [0.2, 0.25) is 0 Å². The number of fused-ring (bicyclic) bond motifs is 1. The molecule has 0 aliphatic rings. The Hall–Kier alpha value is -2.49. The highest BCUT2D eigenvalue weighted by Gasteiger charge is 2.09. The van der Waals surface area contributed by atoms with Gasteiger partial charge in [-0.2, -0.15) is 0 Å². The molecule has 3 aromatic rings. The molecule has 0 amide bonds. The summed E-state index contributed by atoms with van der Waals surface area (Å²) in [6.45, 7) is 5.84. The highest BCUT2D eigenvalue weighted by Crippen LogP contribution is 2.15. The highest BCUT2D eigenvalue weighted by molar-refractivity contribution is 5.72. The largest absolute Gasteiger partial charge is 0.269 e. The van der Waals surface area contributed by atoms with Crippen molar-refractivity contribution < 1.29 is 0 Å². The van der Waals surface area contributed by atoms with Crippen LogP contribution in [0.25, 0.3) is 16.9 Å². The molecule has 100 valence electrons. The molecule has 0 aliphatic carbocycles. The summed E-state index contributed by atoms with van der Waals surface area (Å²) < 4.78 is 1.61. The van der Waals surface area contributed by atoms with Crippen LogP contribution in [0, 0.1) is 20.8 Å². The third-order valence-corrected chi connectivity index (χ3v) is 3.42. The van der Waals surface area contributed by atoms with Crippen LogP contribution >= 0.6 is 0 Å². The lowest BCUT2D eigenvalue weighted by molar-refractivity contribution is 0.978. The molecule has 0 radical (unpaired) electrons. The van der Waals surface area contributed by atoms with Gasteiger partial charge in [-0.25, -0.2) is 9.97 Å². The third kappa shape index (κ3) is 1.99. The molecule has 0 aliphatic heterocycles. The summed E-state index contributed by atoms with van der Waals surface area (Å²) in [5, 5.41) is 0. The maximum atomic E-state index is 12.2. The summed E-state index contributed by atoms with van der Waals surface area (Å²) in [4.78, 5) is 21.2. The van der Waals surface area contributed by atoms with Crippen molar-refractivity contribution >= 4 is 11.2 Å². The fraction of sp³-hybridized carbons (Fsp3) is 0.188. The second kappa shape index (κ2) is 4.56. The second-order valence-corrected chi connectivity index (χ2v) is 4.95. The van der Waals surface area contributed by atoms with Crippen molar-refractivity contribution in [2.24, 2.45) is 0 Å². The summed E-state index contributed by atoms with van der Waals surface area (Å²) in [7, 11) is 0. The zero-order chi connectivity index (χ0) is 14.3. The fourth-order valence-electron chi connectivity index (χ4n) is 2.16. The number of hydrogen-bond acceptors (Lipinski definition) is 3. The molecule has 2 heterocycles. The standard InChI is InChI=1S/C16H15N3O/c1-10-4-6-13(7-5-10)19-15(20)9-8-14-16(19)18-12(3)11(2)17-14/h4-9H,1-3H3. The van der Waals surface area contributed by atoms with Gasteiger partial charge in [0, 0.05) is 6.07 Å². The second-order valence-electron chi connectivity index (χ2n) is 4.95. The smallest absolute Gasteiger partial charge is 0.256 e. The van der Waals surface area contributed by atoms with Crippen molar-refractivity contribution in [2.75, 3.05) is 0 Å². The number of aromatic nitrogens is 3. The first kappa shape index (κ1) is 12.5. The van der Waals surface area contributed by atoms with E-state index in [9.17, 15) is 4.79 Å². The molecule has 20 heavy (non-hydrogen) atoms. The number of hydrogen-bond donors (Lipinski definition) is 0. The van der Waals surface area contributed by atoms with E-state index in [2.05, 4.69) is 9.97 Å². The number of rotatable bonds is 1. The molecule has 0 bridgehead atoms. The van der Waals surface area contributed by atoms with Gasteiger partial charge in [0.25, 0.3) is 5.56 Å². The molecule has 0 atom stereocenters. The van der Waals surface area contributed by atoms with Crippen LogP contribution in [0.3, 0.4) is 0 Å². The zero-order valence-corrected chi connectivity index (χ0v) is 11.7. The van der Waals surface area contributed by atoms with E-state index in [1.165, 1.54) is 6.07 Å². The Bertz CT molecular complexity index is 848. The van der Waals surface area contributed by atoms with E-state index in [4.69, 9.17) is 0 Å². The lowest BCUT2D eigenvalue weighted by Gasteiger charge is -2.10. The van der Waals surface area contributed by atoms with Crippen LogP contribution in [0.2, 0.25) is 0 Å². The first-order valence-electron chi connectivity index (χ1n) is 6.50. The van der Waals surface area contributed by atoms with Crippen LogP contribution in [0.1, 0.15) is 17.0 Å². The maximum absolute atomic E-state index is 12.2. The van der Waals surface area contributed by atoms with E-state index in [1.807, 2.05) is 45.0 Å². The lowest BCUT2D eigenvalue weighted by atomic mass is 10.2. The Morgan fingerprint density at radius 1 is 0.850 bits per heavy atom. The molecule has 3 rings (SSSR count). The van der Waals surface area contributed by atoms with E-state index in [0.29, 0.717) is 5.65 Å². The monoisotopic (exact) mass is 265 g/mol. The first-order valence-corrected chi connectivity index (χ1v) is 6.50. The van der Waals surface area contributed by atoms with E-state index >= 15 is 0 Å². The zero-order valence-electron chi connectivity index (χ0n) is 11.7. The van der Waals surface area contributed by atoms with E-state index in [-0.39, 0.29) is 5.56 Å². The van der Waals surface area contributed by atoms with Gasteiger partial charge in [0.05, 0.1) is 17.1 Å². The van der Waals surface area contributed by atoms with Gasteiger partial charge in [-0.05, 0) is 39.0 Å². The van der Waals surface area contributed by atoms with Crippen molar-refractivity contribution in [3.8, 4) is 5.69 Å². The van der Waals surface area contributed by atoms with Gasteiger partial charge < -0.3 is 0 Å². The van der Waals surface area contributed by atoms with Gasteiger partial charge in [-0.1, -0.05) is 17.7 Å². The van der Waals surface area contributed by atoms with E-state index in [1.54, 1.807) is 10.6 Å². The Balaban J connectivity index is 2.39. The Labute approximate surface area is 116 Å². The average Bonchev–Trinajstić information content (AvgIpc) is 2.42. The lowest BCUT2D eigenvalue weighted by Crippen LogP contribution is -2.19. The summed E-state index contributed by atoms with van der Waals surface area (Å²) in [5.74, 6) is 0. The van der Waals surface area contributed by atoms with Crippen LogP contribution in [-0.4, -0.2) is 14.5 Å². The quantitative estimate of drug-likeness (QED) is 0.679. The molecule has 0 fully saturated rings. The molecule has 4 nitrogen and oxygen atoms in total. The van der Waals surface area contributed by atoms with Gasteiger partial charge in [-0.3, -0.25) is 9.36 Å². The van der Waals surface area contributed by atoms with Gasteiger partial charge in [0.1, 0.15) is 5.52 Å². The van der Waals surface area contributed by atoms with E-state index in [0.717, 1.165) is 28.2 Å². The average molecular weight is 265 g/mol. The predicted molar refractivity (Wildman–Crippen MR) is 79.3 cm³/mol. The topological polar surface area (TPSA) is 47.8 Å². The number of pyridine rings is 1. The SMILES string of the molecule is Cc1ccc(-n2c(=O)ccc3nc(C)c(C)nc32)cc1. The minimum atomic E-state index is -0.0982. The fourth-order valence-corrected chi connectivity index (χ4v) is 2.16. The normalized spacial score (nSPS) is 10.9. The predicted octanol–water partition coefficient (Wildman–Crippen LogP) is 2.71. The molecule has 0 N–H and O–H groups in total. The first-order chi connectivity index (χ1) is 9.56. The minimum Gasteiger partial charge on any atom is -0.269 e.